The van der Waals surface area contributed by atoms with Crippen LogP contribution in [0.3, 0.4) is 0 Å². The lowest BCUT2D eigenvalue weighted by Crippen LogP contribution is -2.48. The Morgan fingerprint density at radius 2 is 1.79 bits per heavy atom. The predicted octanol–water partition coefficient (Wildman–Crippen LogP) is 3.35. The number of amides is 1. The Bertz CT molecular complexity index is 700. The van der Waals surface area contributed by atoms with E-state index in [0.717, 1.165) is 42.0 Å². The Balaban J connectivity index is 1.48. The van der Waals surface area contributed by atoms with Crippen molar-refractivity contribution in [3.63, 3.8) is 0 Å². The van der Waals surface area contributed by atoms with Crippen LogP contribution in [0.5, 0.6) is 0 Å². The van der Waals surface area contributed by atoms with Crippen LogP contribution in [-0.4, -0.2) is 43.5 Å². The van der Waals surface area contributed by atoms with Gasteiger partial charge in [0, 0.05) is 42.0 Å². The van der Waals surface area contributed by atoms with Crippen LogP contribution in [-0.2, 0) is 4.79 Å². The third-order valence-corrected chi connectivity index (χ3v) is 4.53. The first kappa shape index (κ1) is 16.9. The standard InChI is InChI=1S/C18H19BrFN3O/c19-14-2-1-3-16(12-14)21-18(24)13-22-8-10-23(11-9-22)17-6-4-15(20)5-7-17/h1-7,12H,8-11,13H2,(H,21,24). The number of rotatable bonds is 4. The van der Waals surface area contributed by atoms with Crippen molar-refractivity contribution < 1.29 is 9.18 Å². The number of carbonyl (C=O) groups excluding carboxylic acids is 1. The number of nitrogens with zero attached hydrogens (tertiary/aromatic N) is 2. The molecule has 126 valence electrons. The SMILES string of the molecule is O=C(CN1CCN(c2ccc(F)cc2)CC1)Nc1cccc(Br)c1. The minimum Gasteiger partial charge on any atom is -0.369 e. The van der Waals surface area contributed by atoms with Crippen LogP contribution in [0, 0.1) is 5.82 Å². The molecule has 6 heteroatoms. The maximum Gasteiger partial charge on any atom is 0.238 e. The second-order valence-electron chi connectivity index (χ2n) is 5.80. The van der Waals surface area contributed by atoms with E-state index < -0.39 is 0 Å². The molecule has 2 aromatic carbocycles. The summed E-state index contributed by atoms with van der Waals surface area (Å²) in [6.45, 7) is 3.65. The molecule has 0 spiro atoms. The number of benzene rings is 2. The highest BCUT2D eigenvalue weighted by molar-refractivity contribution is 9.10. The average Bonchev–Trinajstić information content (AvgIpc) is 2.56. The summed E-state index contributed by atoms with van der Waals surface area (Å²) in [6.07, 6.45) is 0. The number of hydrogen-bond donors (Lipinski definition) is 1. The molecule has 1 aliphatic heterocycles. The van der Waals surface area contributed by atoms with Crippen LogP contribution in [0.2, 0.25) is 0 Å². The van der Waals surface area contributed by atoms with Crippen LogP contribution in [0.4, 0.5) is 15.8 Å². The summed E-state index contributed by atoms with van der Waals surface area (Å²) >= 11 is 3.39. The van der Waals surface area contributed by atoms with E-state index in [0.29, 0.717) is 6.54 Å². The summed E-state index contributed by atoms with van der Waals surface area (Å²) in [5.41, 5.74) is 1.81. The van der Waals surface area contributed by atoms with Gasteiger partial charge >= 0.3 is 0 Å². The minimum absolute atomic E-state index is 0.0108. The van der Waals surface area contributed by atoms with Gasteiger partial charge in [-0.25, -0.2) is 4.39 Å². The number of anilines is 2. The van der Waals surface area contributed by atoms with E-state index >= 15 is 0 Å². The summed E-state index contributed by atoms with van der Waals surface area (Å²) in [5, 5.41) is 2.91. The molecule has 0 radical (unpaired) electrons. The number of nitrogens with one attached hydrogen (secondary N) is 1. The average molecular weight is 392 g/mol. The van der Waals surface area contributed by atoms with Gasteiger partial charge < -0.3 is 10.2 Å². The first-order valence-electron chi connectivity index (χ1n) is 7.88. The highest BCUT2D eigenvalue weighted by Gasteiger charge is 2.19. The van der Waals surface area contributed by atoms with E-state index in [1.54, 1.807) is 12.1 Å². The first-order chi connectivity index (χ1) is 11.6. The quantitative estimate of drug-likeness (QED) is 0.867. The van der Waals surface area contributed by atoms with Gasteiger partial charge in [-0.05, 0) is 42.5 Å². The molecular weight excluding hydrogens is 373 g/mol. The summed E-state index contributed by atoms with van der Waals surface area (Å²) < 4.78 is 13.9. The van der Waals surface area contributed by atoms with Gasteiger partial charge in [-0.15, -0.1) is 0 Å². The zero-order valence-electron chi connectivity index (χ0n) is 13.2. The minimum atomic E-state index is -0.221. The number of hydrogen-bond acceptors (Lipinski definition) is 3. The van der Waals surface area contributed by atoms with E-state index in [2.05, 4.69) is 31.0 Å². The molecular formula is C18H19BrFN3O. The fourth-order valence-electron chi connectivity index (χ4n) is 2.79. The van der Waals surface area contributed by atoms with Crippen molar-refractivity contribution in [3.8, 4) is 0 Å². The highest BCUT2D eigenvalue weighted by atomic mass is 79.9. The van der Waals surface area contributed by atoms with Gasteiger partial charge in [-0.1, -0.05) is 22.0 Å². The van der Waals surface area contributed by atoms with Crippen molar-refractivity contribution in [3.05, 3.63) is 58.8 Å². The lowest BCUT2D eigenvalue weighted by Gasteiger charge is -2.35. The van der Waals surface area contributed by atoms with Crippen molar-refractivity contribution in [2.24, 2.45) is 0 Å². The van der Waals surface area contributed by atoms with Gasteiger partial charge in [0.15, 0.2) is 0 Å². The molecule has 1 N–H and O–H groups in total. The number of carbonyl (C=O) groups is 1. The van der Waals surface area contributed by atoms with Crippen LogP contribution < -0.4 is 10.2 Å². The zero-order chi connectivity index (χ0) is 16.9. The third kappa shape index (κ3) is 4.55. The molecule has 1 heterocycles. The fourth-order valence-corrected chi connectivity index (χ4v) is 3.19. The van der Waals surface area contributed by atoms with Gasteiger partial charge in [0.25, 0.3) is 0 Å². The molecule has 4 nitrogen and oxygen atoms in total. The maximum atomic E-state index is 13.0. The largest absolute Gasteiger partial charge is 0.369 e. The normalized spacial score (nSPS) is 15.3. The van der Waals surface area contributed by atoms with Crippen LogP contribution in [0.25, 0.3) is 0 Å². The Labute approximate surface area is 149 Å². The molecule has 24 heavy (non-hydrogen) atoms. The van der Waals surface area contributed by atoms with Crippen molar-refractivity contribution in [2.45, 2.75) is 0 Å². The molecule has 1 aliphatic rings. The molecule has 0 saturated carbocycles. The summed E-state index contributed by atoms with van der Waals surface area (Å²) in [4.78, 5) is 16.5. The molecule has 0 atom stereocenters. The molecule has 0 unspecified atom stereocenters. The van der Waals surface area contributed by atoms with Crippen molar-refractivity contribution >= 4 is 33.2 Å². The molecule has 1 fully saturated rings. The maximum absolute atomic E-state index is 13.0. The topological polar surface area (TPSA) is 35.6 Å². The zero-order valence-corrected chi connectivity index (χ0v) is 14.8. The van der Waals surface area contributed by atoms with E-state index in [4.69, 9.17) is 0 Å². The van der Waals surface area contributed by atoms with E-state index in [9.17, 15) is 9.18 Å². The number of piperazine rings is 1. The smallest absolute Gasteiger partial charge is 0.238 e. The summed E-state index contributed by atoms with van der Waals surface area (Å²) in [6, 6.07) is 14.1. The Morgan fingerprint density at radius 3 is 2.46 bits per heavy atom. The van der Waals surface area contributed by atoms with Gasteiger partial charge in [0.2, 0.25) is 5.91 Å². The fraction of sp³-hybridized carbons (Fsp3) is 0.278. The molecule has 0 aliphatic carbocycles. The van der Waals surface area contributed by atoms with Gasteiger partial charge in [0.05, 0.1) is 6.54 Å². The van der Waals surface area contributed by atoms with E-state index in [-0.39, 0.29) is 11.7 Å². The van der Waals surface area contributed by atoms with E-state index in [1.807, 2.05) is 24.3 Å². The Morgan fingerprint density at radius 1 is 1.08 bits per heavy atom. The summed E-state index contributed by atoms with van der Waals surface area (Å²) in [7, 11) is 0. The Kier molecular flexibility index (Phi) is 5.48. The third-order valence-electron chi connectivity index (χ3n) is 4.04. The van der Waals surface area contributed by atoms with Crippen LogP contribution in [0.15, 0.2) is 53.0 Å². The molecule has 0 bridgehead atoms. The molecule has 1 saturated heterocycles. The monoisotopic (exact) mass is 391 g/mol. The lowest BCUT2D eigenvalue weighted by atomic mass is 10.2. The van der Waals surface area contributed by atoms with Crippen molar-refractivity contribution in [1.29, 1.82) is 0 Å². The molecule has 1 amide bonds. The predicted molar refractivity (Wildman–Crippen MR) is 97.8 cm³/mol. The van der Waals surface area contributed by atoms with Crippen LogP contribution >= 0.6 is 15.9 Å². The number of halogens is 2. The van der Waals surface area contributed by atoms with Gasteiger partial charge in [0.1, 0.15) is 5.82 Å². The first-order valence-corrected chi connectivity index (χ1v) is 8.68. The van der Waals surface area contributed by atoms with Crippen molar-refractivity contribution in [2.75, 3.05) is 42.9 Å². The lowest BCUT2D eigenvalue weighted by molar-refractivity contribution is -0.117. The van der Waals surface area contributed by atoms with Crippen LogP contribution in [0.1, 0.15) is 0 Å². The van der Waals surface area contributed by atoms with Crippen molar-refractivity contribution in [1.82, 2.24) is 4.90 Å². The van der Waals surface area contributed by atoms with Gasteiger partial charge in [-0.3, -0.25) is 9.69 Å². The molecule has 0 aromatic heterocycles. The molecule has 2 aromatic rings. The molecule has 3 rings (SSSR count). The summed E-state index contributed by atoms with van der Waals surface area (Å²) in [5.74, 6) is -0.232. The second kappa shape index (κ2) is 7.77. The van der Waals surface area contributed by atoms with E-state index in [1.165, 1.54) is 12.1 Å². The Hall–Kier alpha value is -1.92. The highest BCUT2D eigenvalue weighted by Crippen LogP contribution is 2.18. The van der Waals surface area contributed by atoms with Gasteiger partial charge in [-0.2, -0.15) is 0 Å². The second-order valence-corrected chi connectivity index (χ2v) is 6.71.